The maximum Gasteiger partial charge on any atom is 0.231 e. The first-order valence-electron chi connectivity index (χ1n) is 7.32. The molecular formula is C16H21ClN2O. The van der Waals surface area contributed by atoms with E-state index >= 15 is 0 Å². The summed E-state index contributed by atoms with van der Waals surface area (Å²) < 4.78 is 0. The molecule has 0 aromatic heterocycles. The number of amides is 1. The van der Waals surface area contributed by atoms with Crippen LogP contribution in [0.4, 0.5) is 5.69 Å². The molecule has 2 aliphatic heterocycles. The van der Waals surface area contributed by atoms with Gasteiger partial charge < -0.3 is 10.2 Å². The number of nitrogens with zero attached hydrogens (tertiary/aromatic N) is 1. The van der Waals surface area contributed by atoms with E-state index in [1.807, 2.05) is 23.1 Å². The average Bonchev–Trinajstić information content (AvgIpc) is 2.72. The maximum atomic E-state index is 12.8. The molecule has 1 N–H and O–H groups in total. The highest BCUT2D eigenvalue weighted by atomic mass is 35.5. The highest BCUT2D eigenvalue weighted by molar-refractivity contribution is 6.32. The normalized spacial score (nSPS) is 24.6. The Balaban J connectivity index is 1.93. The lowest BCUT2D eigenvalue weighted by Gasteiger charge is -2.28. The van der Waals surface area contributed by atoms with E-state index < -0.39 is 0 Å². The van der Waals surface area contributed by atoms with Gasteiger partial charge in [-0.15, -0.1) is 0 Å². The molecule has 1 fully saturated rings. The van der Waals surface area contributed by atoms with Crippen LogP contribution in [0.2, 0.25) is 5.02 Å². The zero-order valence-electron chi connectivity index (χ0n) is 12.1. The molecule has 1 unspecified atom stereocenters. The Morgan fingerprint density at radius 3 is 2.95 bits per heavy atom. The first-order valence-corrected chi connectivity index (χ1v) is 7.69. The van der Waals surface area contributed by atoms with Crippen molar-refractivity contribution in [3.05, 3.63) is 28.8 Å². The van der Waals surface area contributed by atoms with E-state index in [1.165, 1.54) is 0 Å². The molecule has 3 rings (SSSR count). The molecule has 2 heterocycles. The summed E-state index contributed by atoms with van der Waals surface area (Å²) in [5, 5.41) is 4.09. The number of benzene rings is 1. The SMILES string of the molecule is CC1(C)CN(C(=O)C2CCCNC2)c2cccc(Cl)c21. The van der Waals surface area contributed by atoms with Crippen LogP contribution in [0.3, 0.4) is 0 Å². The second-order valence-electron chi connectivity index (χ2n) is 6.49. The molecule has 0 saturated carbocycles. The molecule has 3 nitrogen and oxygen atoms in total. The number of hydrogen-bond donors (Lipinski definition) is 1. The van der Waals surface area contributed by atoms with Crippen molar-refractivity contribution in [1.82, 2.24) is 5.32 Å². The molecule has 1 amide bonds. The van der Waals surface area contributed by atoms with Crippen LogP contribution in [0.15, 0.2) is 18.2 Å². The number of rotatable bonds is 1. The Kier molecular flexibility index (Phi) is 3.51. The second kappa shape index (κ2) is 5.05. The third-order valence-electron chi connectivity index (χ3n) is 4.42. The van der Waals surface area contributed by atoms with Crippen molar-refractivity contribution in [1.29, 1.82) is 0 Å². The van der Waals surface area contributed by atoms with Crippen LogP contribution in [0.1, 0.15) is 32.3 Å². The summed E-state index contributed by atoms with van der Waals surface area (Å²) in [6, 6.07) is 5.87. The number of carbonyl (C=O) groups excluding carboxylic acids is 1. The lowest BCUT2D eigenvalue weighted by Crippen LogP contribution is -2.44. The third kappa shape index (κ3) is 2.23. The minimum Gasteiger partial charge on any atom is -0.316 e. The molecule has 1 saturated heterocycles. The van der Waals surface area contributed by atoms with Gasteiger partial charge in [0.15, 0.2) is 0 Å². The second-order valence-corrected chi connectivity index (χ2v) is 6.89. The number of anilines is 1. The largest absolute Gasteiger partial charge is 0.316 e. The minimum atomic E-state index is -0.0779. The van der Waals surface area contributed by atoms with Gasteiger partial charge in [-0.2, -0.15) is 0 Å². The van der Waals surface area contributed by atoms with Crippen LogP contribution in [-0.2, 0) is 10.2 Å². The summed E-state index contributed by atoms with van der Waals surface area (Å²) in [6.07, 6.45) is 2.06. The van der Waals surface area contributed by atoms with Gasteiger partial charge in [0.1, 0.15) is 0 Å². The first kappa shape index (κ1) is 13.9. The topological polar surface area (TPSA) is 32.3 Å². The lowest BCUT2D eigenvalue weighted by atomic mass is 9.87. The van der Waals surface area contributed by atoms with Gasteiger partial charge in [-0.25, -0.2) is 0 Å². The predicted molar refractivity (Wildman–Crippen MR) is 82.4 cm³/mol. The van der Waals surface area contributed by atoms with E-state index in [0.29, 0.717) is 0 Å². The molecule has 0 bridgehead atoms. The maximum absolute atomic E-state index is 12.8. The summed E-state index contributed by atoms with van der Waals surface area (Å²) in [6.45, 7) is 6.86. The van der Waals surface area contributed by atoms with Crippen molar-refractivity contribution in [2.45, 2.75) is 32.1 Å². The van der Waals surface area contributed by atoms with Crippen molar-refractivity contribution >= 4 is 23.2 Å². The Bertz CT molecular complexity index is 535. The van der Waals surface area contributed by atoms with Gasteiger partial charge in [-0.3, -0.25) is 4.79 Å². The van der Waals surface area contributed by atoms with Gasteiger partial charge in [0, 0.05) is 34.8 Å². The molecule has 1 aromatic carbocycles. The number of nitrogens with one attached hydrogen (secondary N) is 1. The van der Waals surface area contributed by atoms with Crippen LogP contribution in [0, 0.1) is 5.92 Å². The van der Waals surface area contributed by atoms with E-state index in [9.17, 15) is 4.79 Å². The molecule has 0 spiro atoms. The smallest absolute Gasteiger partial charge is 0.231 e. The quantitative estimate of drug-likeness (QED) is 0.863. The Labute approximate surface area is 125 Å². The Morgan fingerprint density at radius 1 is 1.45 bits per heavy atom. The van der Waals surface area contributed by atoms with Gasteiger partial charge in [0.05, 0.1) is 5.92 Å². The number of fused-ring (bicyclic) bond motifs is 1. The zero-order valence-corrected chi connectivity index (χ0v) is 12.8. The van der Waals surface area contributed by atoms with E-state index in [4.69, 9.17) is 11.6 Å². The monoisotopic (exact) mass is 292 g/mol. The van der Waals surface area contributed by atoms with Crippen LogP contribution in [0.25, 0.3) is 0 Å². The molecule has 1 atom stereocenters. The summed E-state index contributed by atoms with van der Waals surface area (Å²) >= 11 is 6.36. The van der Waals surface area contributed by atoms with Crippen LogP contribution >= 0.6 is 11.6 Å². The van der Waals surface area contributed by atoms with Gasteiger partial charge in [-0.1, -0.05) is 31.5 Å². The standard InChI is InChI=1S/C16H21ClN2O/c1-16(2)10-19(13-7-3-6-12(17)14(13)16)15(20)11-5-4-8-18-9-11/h3,6-7,11,18H,4-5,8-10H2,1-2H3. The number of hydrogen-bond acceptors (Lipinski definition) is 2. The van der Waals surface area contributed by atoms with Crippen molar-refractivity contribution in [2.24, 2.45) is 5.92 Å². The number of piperidine rings is 1. The number of carbonyl (C=O) groups is 1. The van der Waals surface area contributed by atoms with Gasteiger partial charge in [0.2, 0.25) is 5.91 Å². The van der Waals surface area contributed by atoms with Gasteiger partial charge in [-0.05, 0) is 31.5 Å². The van der Waals surface area contributed by atoms with E-state index in [2.05, 4.69) is 19.2 Å². The van der Waals surface area contributed by atoms with Gasteiger partial charge in [0.25, 0.3) is 0 Å². The summed E-state index contributed by atoms with van der Waals surface area (Å²) in [5.74, 6) is 0.343. The summed E-state index contributed by atoms with van der Waals surface area (Å²) in [5.41, 5.74) is 2.03. The van der Waals surface area contributed by atoms with Crippen LogP contribution in [-0.4, -0.2) is 25.5 Å². The van der Waals surface area contributed by atoms with E-state index in [1.54, 1.807) is 0 Å². The summed E-state index contributed by atoms with van der Waals surface area (Å²) in [4.78, 5) is 14.7. The van der Waals surface area contributed by atoms with Crippen molar-refractivity contribution in [3.8, 4) is 0 Å². The summed E-state index contributed by atoms with van der Waals surface area (Å²) in [7, 11) is 0. The molecule has 0 aliphatic carbocycles. The molecule has 2 aliphatic rings. The molecular weight excluding hydrogens is 272 g/mol. The van der Waals surface area contributed by atoms with Crippen molar-refractivity contribution in [3.63, 3.8) is 0 Å². The minimum absolute atomic E-state index is 0.0779. The van der Waals surface area contributed by atoms with Gasteiger partial charge >= 0.3 is 0 Å². The van der Waals surface area contributed by atoms with Crippen molar-refractivity contribution < 1.29 is 4.79 Å². The van der Waals surface area contributed by atoms with Crippen LogP contribution < -0.4 is 10.2 Å². The fourth-order valence-corrected chi connectivity index (χ4v) is 3.87. The molecule has 20 heavy (non-hydrogen) atoms. The van der Waals surface area contributed by atoms with E-state index in [-0.39, 0.29) is 17.2 Å². The Morgan fingerprint density at radius 2 is 2.25 bits per heavy atom. The Hall–Kier alpha value is -1.06. The number of halogens is 1. The van der Waals surface area contributed by atoms with Crippen molar-refractivity contribution in [2.75, 3.05) is 24.5 Å². The fraction of sp³-hybridized carbons (Fsp3) is 0.562. The van der Waals surface area contributed by atoms with Crippen LogP contribution in [0.5, 0.6) is 0 Å². The highest BCUT2D eigenvalue weighted by Gasteiger charge is 2.41. The molecule has 4 heteroatoms. The van der Waals surface area contributed by atoms with E-state index in [0.717, 1.165) is 48.7 Å². The molecule has 0 radical (unpaired) electrons. The predicted octanol–water partition coefficient (Wildman–Crippen LogP) is 2.96. The first-order chi connectivity index (χ1) is 9.50. The molecule has 1 aromatic rings. The molecule has 108 valence electrons. The third-order valence-corrected chi connectivity index (χ3v) is 4.74. The zero-order chi connectivity index (χ0) is 14.3. The highest BCUT2D eigenvalue weighted by Crippen LogP contribution is 2.44. The average molecular weight is 293 g/mol. The fourth-order valence-electron chi connectivity index (χ4n) is 3.45. The lowest BCUT2D eigenvalue weighted by molar-refractivity contribution is -0.122.